The highest BCUT2D eigenvalue weighted by Crippen LogP contribution is 2.31. The first-order valence-electron chi connectivity index (χ1n) is 11.0. The van der Waals surface area contributed by atoms with E-state index in [1.807, 2.05) is 37.3 Å². The molecular weight excluding hydrogens is 460 g/mol. The van der Waals surface area contributed by atoms with Gasteiger partial charge in [-0.05, 0) is 64.7 Å². The third-order valence-corrected chi connectivity index (χ3v) is 5.81. The van der Waals surface area contributed by atoms with Crippen molar-refractivity contribution in [1.82, 2.24) is 0 Å². The van der Waals surface area contributed by atoms with Crippen LogP contribution in [0.2, 0.25) is 5.02 Å². The average molecular weight is 483 g/mol. The lowest BCUT2D eigenvalue weighted by molar-refractivity contribution is -0.112. The Hall–Kier alpha value is -4.27. The molecule has 0 radical (unpaired) electrons. The van der Waals surface area contributed by atoms with Crippen molar-refractivity contribution >= 4 is 40.0 Å². The van der Waals surface area contributed by atoms with Gasteiger partial charge in [0.25, 0.3) is 5.91 Å². The molecule has 0 heterocycles. The predicted octanol–water partition coefficient (Wildman–Crippen LogP) is 6.93. The lowest BCUT2D eigenvalue weighted by Gasteiger charge is -2.13. The lowest BCUT2D eigenvalue weighted by atomic mass is 10.1. The Bertz CT molecular complexity index is 1470. The maximum absolute atomic E-state index is 12.7. The van der Waals surface area contributed by atoms with E-state index in [4.69, 9.17) is 21.1 Å². The van der Waals surface area contributed by atoms with Gasteiger partial charge >= 0.3 is 0 Å². The summed E-state index contributed by atoms with van der Waals surface area (Å²) in [6.07, 6.45) is 1.51. The third kappa shape index (κ3) is 5.63. The van der Waals surface area contributed by atoms with Crippen molar-refractivity contribution in [3.8, 4) is 17.6 Å². The van der Waals surface area contributed by atoms with E-state index >= 15 is 0 Å². The number of nitrogens with zero attached hydrogens (tertiary/aromatic N) is 1. The maximum atomic E-state index is 12.7. The Balaban J connectivity index is 1.53. The van der Waals surface area contributed by atoms with Crippen molar-refractivity contribution in [2.45, 2.75) is 13.5 Å². The number of methoxy groups -OCH3 is 1. The van der Waals surface area contributed by atoms with Gasteiger partial charge in [-0.3, -0.25) is 4.79 Å². The fourth-order valence-electron chi connectivity index (χ4n) is 3.70. The molecule has 0 aliphatic rings. The summed E-state index contributed by atoms with van der Waals surface area (Å²) in [5, 5.41) is 15.1. The number of halogens is 1. The number of ether oxygens (including phenoxy) is 2. The Morgan fingerprint density at radius 1 is 1.03 bits per heavy atom. The number of carbonyl (C=O) groups excluding carboxylic acids is 1. The summed E-state index contributed by atoms with van der Waals surface area (Å²) in [6, 6.07) is 26.7. The van der Waals surface area contributed by atoms with Crippen LogP contribution in [-0.2, 0) is 11.4 Å². The second kappa shape index (κ2) is 10.8. The van der Waals surface area contributed by atoms with Crippen LogP contribution in [-0.4, -0.2) is 13.0 Å². The SMILES string of the molecule is COc1cc(/C=C(\C#N)C(=O)Nc2cc(Cl)ccc2C)ccc1OCc1cccc2ccccc12. The Morgan fingerprint density at radius 3 is 2.63 bits per heavy atom. The standard InChI is InChI=1S/C29H23ClN2O3/c1-19-10-12-24(30)16-26(19)32-29(33)23(17-31)14-20-11-13-27(28(15-20)34-2)35-18-22-8-5-7-21-6-3-4-9-25(21)22/h3-16H,18H2,1-2H3,(H,32,33)/b23-14+. The van der Waals surface area contributed by atoms with Gasteiger partial charge in [0, 0.05) is 10.7 Å². The second-order valence-electron chi connectivity index (χ2n) is 7.92. The zero-order chi connectivity index (χ0) is 24.8. The van der Waals surface area contributed by atoms with Gasteiger partial charge in [0.15, 0.2) is 11.5 Å². The molecule has 6 heteroatoms. The van der Waals surface area contributed by atoms with Gasteiger partial charge < -0.3 is 14.8 Å². The fourth-order valence-corrected chi connectivity index (χ4v) is 3.87. The minimum absolute atomic E-state index is 0.0455. The summed E-state index contributed by atoms with van der Waals surface area (Å²) in [5.41, 5.74) is 3.05. The molecule has 35 heavy (non-hydrogen) atoms. The van der Waals surface area contributed by atoms with Gasteiger partial charge in [-0.25, -0.2) is 0 Å². The molecule has 0 aromatic heterocycles. The summed E-state index contributed by atoms with van der Waals surface area (Å²) < 4.78 is 11.6. The molecule has 4 aromatic carbocycles. The van der Waals surface area contributed by atoms with E-state index in [0.29, 0.717) is 34.4 Å². The number of fused-ring (bicyclic) bond motifs is 1. The molecule has 0 fully saturated rings. The van der Waals surface area contributed by atoms with E-state index < -0.39 is 5.91 Å². The monoisotopic (exact) mass is 482 g/mol. The predicted molar refractivity (Wildman–Crippen MR) is 140 cm³/mol. The van der Waals surface area contributed by atoms with Crippen LogP contribution in [0.1, 0.15) is 16.7 Å². The molecule has 0 bridgehead atoms. The Kier molecular flexibility index (Phi) is 7.35. The minimum atomic E-state index is -0.520. The summed E-state index contributed by atoms with van der Waals surface area (Å²) >= 11 is 6.03. The number of nitrogens with one attached hydrogen (secondary N) is 1. The van der Waals surface area contributed by atoms with Crippen LogP contribution in [0.3, 0.4) is 0 Å². The van der Waals surface area contributed by atoms with Crippen LogP contribution < -0.4 is 14.8 Å². The minimum Gasteiger partial charge on any atom is -0.493 e. The molecule has 0 saturated carbocycles. The van der Waals surface area contributed by atoms with Gasteiger partial charge in [0.05, 0.1) is 7.11 Å². The molecule has 1 N–H and O–H groups in total. The fraction of sp³-hybridized carbons (Fsp3) is 0.103. The smallest absolute Gasteiger partial charge is 0.266 e. The number of hydrogen-bond acceptors (Lipinski definition) is 4. The van der Waals surface area contributed by atoms with Crippen LogP contribution in [0.5, 0.6) is 11.5 Å². The highest BCUT2D eigenvalue weighted by Gasteiger charge is 2.13. The molecule has 0 atom stereocenters. The molecule has 0 aliphatic carbocycles. The first kappa shape index (κ1) is 23.9. The van der Waals surface area contributed by atoms with Crippen LogP contribution in [0.4, 0.5) is 5.69 Å². The molecule has 174 valence electrons. The van der Waals surface area contributed by atoms with Crippen LogP contribution in [0, 0.1) is 18.3 Å². The first-order chi connectivity index (χ1) is 17.0. The van der Waals surface area contributed by atoms with E-state index in [1.165, 1.54) is 6.08 Å². The number of benzene rings is 4. The quantitative estimate of drug-likeness (QED) is 0.229. The van der Waals surface area contributed by atoms with E-state index in [9.17, 15) is 10.1 Å². The van der Waals surface area contributed by atoms with E-state index in [-0.39, 0.29) is 5.57 Å². The Morgan fingerprint density at radius 2 is 1.83 bits per heavy atom. The topological polar surface area (TPSA) is 71.3 Å². The van der Waals surface area contributed by atoms with Crippen molar-refractivity contribution in [1.29, 1.82) is 5.26 Å². The first-order valence-corrected chi connectivity index (χ1v) is 11.3. The molecule has 4 rings (SSSR count). The van der Waals surface area contributed by atoms with Gasteiger partial charge in [-0.15, -0.1) is 0 Å². The third-order valence-electron chi connectivity index (χ3n) is 5.57. The number of hydrogen-bond donors (Lipinski definition) is 1. The molecule has 4 aromatic rings. The summed E-state index contributed by atoms with van der Waals surface area (Å²) in [6.45, 7) is 2.22. The number of anilines is 1. The molecule has 0 spiro atoms. The zero-order valence-corrected chi connectivity index (χ0v) is 20.1. The second-order valence-corrected chi connectivity index (χ2v) is 8.36. The van der Waals surface area contributed by atoms with Gasteiger partial charge in [-0.2, -0.15) is 5.26 Å². The zero-order valence-electron chi connectivity index (χ0n) is 19.3. The van der Waals surface area contributed by atoms with E-state index in [0.717, 1.165) is 21.9 Å². The van der Waals surface area contributed by atoms with Crippen molar-refractivity contribution < 1.29 is 14.3 Å². The molecule has 0 saturated heterocycles. The number of carbonyl (C=O) groups is 1. The summed E-state index contributed by atoms with van der Waals surface area (Å²) in [4.78, 5) is 12.7. The van der Waals surface area contributed by atoms with E-state index in [1.54, 1.807) is 43.5 Å². The number of nitriles is 1. The van der Waals surface area contributed by atoms with E-state index in [2.05, 4.69) is 23.5 Å². The summed E-state index contributed by atoms with van der Waals surface area (Å²) in [5.74, 6) is 0.547. The number of rotatable bonds is 7. The lowest BCUT2D eigenvalue weighted by Crippen LogP contribution is -2.14. The van der Waals surface area contributed by atoms with Crippen LogP contribution in [0.25, 0.3) is 16.8 Å². The largest absolute Gasteiger partial charge is 0.493 e. The molecule has 0 aliphatic heterocycles. The van der Waals surface area contributed by atoms with Crippen molar-refractivity contribution in [3.63, 3.8) is 0 Å². The average Bonchev–Trinajstić information content (AvgIpc) is 2.88. The number of aryl methyl sites for hydroxylation is 1. The molecule has 1 amide bonds. The highest BCUT2D eigenvalue weighted by atomic mass is 35.5. The van der Waals surface area contributed by atoms with Gasteiger partial charge in [-0.1, -0.05) is 66.2 Å². The summed E-state index contributed by atoms with van der Waals surface area (Å²) in [7, 11) is 1.55. The van der Waals surface area contributed by atoms with Crippen molar-refractivity contribution in [2.75, 3.05) is 12.4 Å². The highest BCUT2D eigenvalue weighted by molar-refractivity contribution is 6.31. The van der Waals surface area contributed by atoms with Crippen molar-refractivity contribution in [2.24, 2.45) is 0 Å². The molecule has 0 unspecified atom stereocenters. The normalized spacial score (nSPS) is 11.1. The Labute approximate surface area is 209 Å². The maximum Gasteiger partial charge on any atom is 0.266 e. The molecule has 5 nitrogen and oxygen atoms in total. The van der Waals surface area contributed by atoms with Crippen molar-refractivity contribution in [3.05, 3.63) is 106 Å². The van der Waals surface area contributed by atoms with Crippen LogP contribution >= 0.6 is 11.6 Å². The van der Waals surface area contributed by atoms with Gasteiger partial charge in [0.2, 0.25) is 0 Å². The number of amides is 1. The molecular formula is C29H23ClN2O3. The van der Waals surface area contributed by atoms with Crippen LogP contribution in [0.15, 0.2) is 84.4 Å². The van der Waals surface area contributed by atoms with Gasteiger partial charge in [0.1, 0.15) is 18.2 Å².